The molecule has 0 aromatic heterocycles. The van der Waals surface area contributed by atoms with Gasteiger partial charge in [-0.1, -0.05) is 39.3 Å². The van der Waals surface area contributed by atoms with Gasteiger partial charge in [0.2, 0.25) is 0 Å². The Hall–Kier alpha value is -0.260. The highest BCUT2D eigenvalue weighted by atomic mass is 14.1. The van der Waals surface area contributed by atoms with E-state index in [0.717, 1.165) is 0 Å². The van der Waals surface area contributed by atoms with E-state index in [-0.39, 0.29) is 0 Å². The van der Waals surface area contributed by atoms with Gasteiger partial charge in [0.05, 0.1) is 0 Å². The molecule has 0 fully saturated rings. The normalized spacial score (nSPS) is 14.1. The Morgan fingerprint density at radius 1 is 1.33 bits per heavy atom. The van der Waals surface area contributed by atoms with Crippen molar-refractivity contribution in [3.8, 4) is 0 Å². The van der Waals surface area contributed by atoms with Crippen LogP contribution in [-0.4, -0.2) is 0 Å². The summed E-state index contributed by atoms with van der Waals surface area (Å²) in [5, 5.41) is 0. The van der Waals surface area contributed by atoms with E-state index in [1.807, 2.05) is 0 Å². The predicted octanol–water partition coefficient (Wildman–Crippen LogP) is 3.39. The molecule has 9 heavy (non-hydrogen) atoms. The molecule has 0 bridgehead atoms. The highest BCUT2D eigenvalue weighted by Gasteiger charge is 2.04. The van der Waals surface area contributed by atoms with Gasteiger partial charge in [-0.15, -0.1) is 0 Å². The SMILES string of the molecule is CC/C(C)=C/C(C)(C)C. The Morgan fingerprint density at radius 3 is 1.89 bits per heavy atom. The van der Waals surface area contributed by atoms with Crippen LogP contribution in [0.5, 0.6) is 0 Å². The monoisotopic (exact) mass is 126 g/mol. The van der Waals surface area contributed by atoms with Crippen LogP contribution in [-0.2, 0) is 0 Å². The Bertz CT molecular complexity index is 102. The summed E-state index contributed by atoms with van der Waals surface area (Å²) in [6, 6.07) is 0. The molecule has 0 aromatic rings. The lowest BCUT2D eigenvalue weighted by molar-refractivity contribution is 0.538. The van der Waals surface area contributed by atoms with Crippen molar-refractivity contribution >= 4 is 0 Å². The van der Waals surface area contributed by atoms with E-state index in [4.69, 9.17) is 0 Å². The highest BCUT2D eigenvalue weighted by molar-refractivity contribution is 5.02. The molecular weight excluding hydrogens is 108 g/mol. The van der Waals surface area contributed by atoms with Crippen LogP contribution in [0.1, 0.15) is 41.0 Å². The first kappa shape index (κ1) is 8.74. The van der Waals surface area contributed by atoms with Crippen molar-refractivity contribution in [1.29, 1.82) is 0 Å². The topological polar surface area (TPSA) is 0 Å². The van der Waals surface area contributed by atoms with E-state index in [1.165, 1.54) is 12.0 Å². The van der Waals surface area contributed by atoms with Crippen LogP contribution in [0.4, 0.5) is 0 Å². The molecule has 54 valence electrons. The van der Waals surface area contributed by atoms with Crippen molar-refractivity contribution < 1.29 is 0 Å². The van der Waals surface area contributed by atoms with Crippen molar-refractivity contribution in [2.24, 2.45) is 5.41 Å². The molecule has 0 heteroatoms. The fraction of sp³-hybridized carbons (Fsp3) is 0.778. The van der Waals surface area contributed by atoms with Crippen molar-refractivity contribution in [2.45, 2.75) is 41.0 Å². The van der Waals surface area contributed by atoms with Gasteiger partial charge in [0, 0.05) is 0 Å². The average Bonchev–Trinajstić information content (AvgIpc) is 1.62. The van der Waals surface area contributed by atoms with Crippen LogP contribution in [0.2, 0.25) is 0 Å². The maximum atomic E-state index is 2.33. The van der Waals surface area contributed by atoms with Crippen LogP contribution in [0.25, 0.3) is 0 Å². The van der Waals surface area contributed by atoms with Gasteiger partial charge in [-0.25, -0.2) is 0 Å². The molecule has 0 aliphatic heterocycles. The smallest absolute Gasteiger partial charge is 0.0201 e. The second kappa shape index (κ2) is 3.05. The van der Waals surface area contributed by atoms with Crippen LogP contribution in [0.3, 0.4) is 0 Å². The molecule has 0 saturated carbocycles. The van der Waals surface area contributed by atoms with Gasteiger partial charge in [0.25, 0.3) is 0 Å². The summed E-state index contributed by atoms with van der Waals surface area (Å²) in [5.74, 6) is 0. The maximum Gasteiger partial charge on any atom is -0.0201 e. The highest BCUT2D eigenvalue weighted by Crippen LogP contribution is 2.18. The Balaban J connectivity index is 3.95. The molecule has 0 atom stereocenters. The molecule has 0 aliphatic rings. The molecule has 0 N–H and O–H groups in total. The molecule has 0 amide bonds. The minimum absolute atomic E-state index is 0.361. The summed E-state index contributed by atoms with van der Waals surface area (Å²) in [6.45, 7) is 11.1. The van der Waals surface area contributed by atoms with Crippen molar-refractivity contribution in [3.05, 3.63) is 11.6 Å². The Morgan fingerprint density at radius 2 is 1.78 bits per heavy atom. The lowest BCUT2D eigenvalue weighted by atomic mass is 9.93. The fourth-order valence-electron chi connectivity index (χ4n) is 0.841. The van der Waals surface area contributed by atoms with Crippen molar-refractivity contribution in [1.82, 2.24) is 0 Å². The zero-order valence-corrected chi connectivity index (χ0v) is 7.28. The van der Waals surface area contributed by atoms with E-state index >= 15 is 0 Å². The summed E-state index contributed by atoms with van der Waals surface area (Å²) >= 11 is 0. The number of allylic oxidation sites excluding steroid dienone is 2. The van der Waals surface area contributed by atoms with Crippen molar-refractivity contribution in [2.75, 3.05) is 0 Å². The first-order valence-corrected chi connectivity index (χ1v) is 3.64. The summed E-state index contributed by atoms with van der Waals surface area (Å²) in [6.07, 6.45) is 3.50. The third-order valence-corrected chi connectivity index (χ3v) is 1.24. The lowest BCUT2D eigenvalue weighted by Crippen LogP contribution is -1.99. The van der Waals surface area contributed by atoms with Crippen LogP contribution in [0, 0.1) is 5.41 Å². The lowest BCUT2D eigenvalue weighted by Gasteiger charge is -2.13. The molecule has 0 saturated heterocycles. The van der Waals surface area contributed by atoms with E-state index in [9.17, 15) is 0 Å². The molecule has 0 heterocycles. The first-order chi connectivity index (χ1) is 3.95. The van der Waals surface area contributed by atoms with Gasteiger partial charge in [-0.3, -0.25) is 0 Å². The average molecular weight is 126 g/mol. The summed E-state index contributed by atoms with van der Waals surface area (Å²) in [5.41, 5.74) is 1.85. The van der Waals surface area contributed by atoms with Gasteiger partial charge < -0.3 is 0 Å². The summed E-state index contributed by atoms with van der Waals surface area (Å²) in [4.78, 5) is 0. The minimum Gasteiger partial charge on any atom is -0.0802 e. The second-order valence-electron chi connectivity index (χ2n) is 3.71. The molecule has 0 radical (unpaired) electrons. The van der Waals surface area contributed by atoms with Gasteiger partial charge >= 0.3 is 0 Å². The van der Waals surface area contributed by atoms with Gasteiger partial charge in [-0.2, -0.15) is 0 Å². The zero-order chi connectivity index (χ0) is 7.49. The van der Waals surface area contributed by atoms with Gasteiger partial charge in [0.1, 0.15) is 0 Å². The quantitative estimate of drug-likeness (QED) is 0.472. The predicted molar refractivity (Wildman–Crippen MR) is 43.5 cm³/mol. The summed E-state index contributed by atoms with van der Waals surface area (Å²) in [7, 11) is 0. The van der Waals surface area contributed by atoms with Crippen molar-refractivity contribution in [3.63, 3.8) is 0 Å². The minimum atomic E-state index is 0.361. The number of hydrogen-bond donors (Lipinski definition) is 0. The van der Waals surface area contributed by atoms with E-state index in [1.54, 1.807) is 0 Å². The second-order valence-corrected chi connectivity index (χ2v) is 3.71. The Labute approximate surface area is 59.0 Å². The summed E-state index contributed by atoms with van der Waals surface area (Å²) < 4.78 is 0. The third kappa shape index (κ3) is 5.61. The number of hydrogen-bond acceptors (Lipinski definition) is 0. The van der Waals surface area contributed by atoms with Crippen LogP contribution >= 0.6 is 0 Å². The third-order valence-electron chi connectivity index (χ3n) is 1.24. The molecule has 0 nitrogen and oxygen atoms in total. The van der Waals surface area contributed by atoms with Gasteiger partial charge in [0.15, 0.2) is 0 Å². The standard InChI is InChI=1S/C9H18/c1-6-8(2)7-9(3,4)5/h7H,6H2,1-5H3/b8-7+. The molecule has 0 spiro atoms. The molecule has 0 aromatic carbocycles. The molecular formula is C9H18. The van der Waals surface area contributed by atoms with E-state index in [2.05, 4.69) is 40.7 Å². The van der Waals surface area contributed by atoms with E-state index in [0.29, 0.717) is 5.41 Å². The molecule has 0 rings (SSSR count). The van der Waals surface area contributed by atoms with Gasteiger partial charge in [-0.05, 0) is 18.8 Å². The largest absolute Gasteiger partial charge is 0.0802 e. The zero-order valence-electron chi connectivity index (χ0n) is 7.28. The maximum absolute atomic E-state index is 2.33. The van der Waals surface area contributed by atoms with Crippen LogP contribution in [0.15, 0.2) is 11.6 Å². The molecule has 0 unspecified atom stereocenters. The van der Waals surface area contributed by atoms with E-state index < -0.39 is 0 Å². The number of rotatable bonds is 1. The molecule has 0 aliphatic carbocycles. The first-order valence-electron chi connectivity index (χ1n) is 3.64. The Kier molecular flexibility index (Phi) is 2.96. The van der Waals surface area contributed by atoms with Crippen LogP contribution < -0.4 is 0 Å². The fourth-order valence-corrected chi connectivity index (χ4v) is 0.841.